The van der Waals surface area contributed by atoms with Crippen LogP contribution in [0.3, 0.4) is 0 Å². The third-order valence-corrected chi connectivity index (χ3v) is 4.21. The summed E-state index contributed by atoms with van der Waals surface area (Å²) in [5, 5.41) is 12.0. The number of nitro groups is 1. The molecule has 2 aromatic heterocycles. The van der Waals surface area contributed by atoms with Crippen LogP contribution in [0.2, 0.25) is 5.15 Å². The van der Waals surface area contributed by atoms with Crippen molar-refractivity contribution in [1.29, 1.82) is 0 Å². The third kappa shape index (κ3) is 4.42. The number of furan rings is 1. The van der Waals surface area contributed by atoms with Crippen LogP contribution in [-0.2, 0) is 6.54 Å². The van der Waals surface area contributed by atoms with Gasteiger partial charge in [-0.2, -0.15) is 0 Å². The van der Waals surface area contributed by atoms with Crippen molar-refractivity contribution in [3.63, 3.8) is 0 Å². The van der Waals surface area contributed by atoms with E-state index in [0.717, 1.165) is 16.9 Å². The molecule has 3 heterocycles. The molecule has 3 rings (SSSR count). The van der Waals surface area contributed by atoms with E-state index in [1.54, 1.807) is 18.3 Å². The van der Waals surface area contributed by atoms with Crippen molar-refractivity contribution in [3.8, 4) is 0 Å². The second-order valence-electron chi connectivity index (χ2n) is 5.79. The molecule has 0 saturated carbocycles. The molecule has 0 aliphatic carbocycles. The average Bonchev–Trinajstić information content (AvgIpc) is 3.14. The van der Waals surface area contributed by atoms with Gasteiger partial charge in [0.15, 0.2) is 0 Å². The van der Waals surface area contributed by atoms with Crippen LogP contribution in [0.1, 0.15) is 22.6 Å². The molecule has 0 unspecified atom stereocenters. The molecular formula is C17H18Cl2N4O3. The maximum atomic E-state index is 11.6. The molecular weight excluding hydrogens is 379 g/mol. The number of hydrogen-bond acceptors (Lipinski definition) is 6. The summed E-state index contributed by atoms with van der Waals surface area (Å²) >= 11 is 5.80. The summed E-state index contributed by atoms with van der Waals surface area (Å²) in [5.74, 6) is 1.54. The second-order valence-corrected chi connectivity index (χ2v) is 6.18. The topological polar surface area (TPSA) is 84.8 Å². The normalized spacial score (nSPS) is 14.2. The summed E-state index contributed by atoms with van der Waals surface area (Å²) in [6.07, 6.45) is 3.09. The molecule has 0 N–H and O–H groups in total. The van der Waals surface area contributed by atoms with Gasteiger partial charge in [0.25, 0.3) is 0 Å². The number of rotatable bonds is 5. The summed E-state index contributed by atoms with van der Waals surface area (Å²) in [4.78, 5) is 21.4. The molecule has 0 amide bonds. The van der Waals surface area contributed by atoms with Gasteiger partial charge < -0.3 is 9.32 Å². The average molecular weight is 397 g/mol. The Morgan fingerprint density at radius 3 is 2.81 bits per heavy atom. The lowest BCUT2D eigenvalue weighted by Gasteiger charge is -2.18. The van der Waals surface area contributed by atoms with Crippen LogP contribution in [0.15, 0.2) is 39.5 Å². The number of halogens is 2. The number of nitrogens with zero attached hydrogens (tertiary/aromatic N) is 4. The highest BCUT2D eigenvalue weighted by Crippen LogP contribution is 2.20. The molecule has 0 bridgehead atoms. The van der Waals surface area contributed by atoms with Gasteiger partial charge in [0.1, 0.15) is 16.7 Å². The van der Waals surface area contributed by atoms with E-state index >= 15 is 0 Å². The highest BCUT2D eigenvalue weighted by atomic mass is 35.5. The molecule has 1 aliphatic rings. The van der Waals surface area contributed by atoms with Gasteiger partial charge in [-0.15, -0.1) is 12.4 Å². The Kier molecular flexibility index (Phi) is 6.39. The molecule has 7 nitrogen and oxygen atoms in total. The SMILES string of the molecule is Cc1cc(/C=C(/C2=NCCN2Cc2ccc(Cl)nc2)[N+](=O)[O-])oc1C.Cl. The summed E-state index contributed by atoms with van der Waals surface area (Å²) < 4.78 is 5.54. The van der Waals surface area contributed by atoms with Gasteiger partial charge in [0.05, 0.1) is 17.5 Å². The highest BCUT2D eigenvalue weighted by molar-refractivity contribution is 6.29. The number of aliphatic imine (C=N–C) groups is 1. The molecule has 26 heavy (non-hydrogen) atoms. The van der Waals surface area contributed by atoms with E-state index in [-0.39, 0.29) is 18.1 Å². The monoisotopic (exact) mass is 396 g/mol. The van der Waals surface area contributed by atoms with E-state index in [1.807, 2.05) is 24.8 Å². The zero-order valence-corrected chi connectivity index (χ0v) is 15.9. The minimum atomic E-state index is -0.426. The Morgan fingerprint density at radius 1 is 1.46 bits per heavy atom. The van der Waals surface area contributed by atoms with Crippen molar-refractivity contribution in [2.24, 2.45) is 4.99 Å². The standard InChI is InChI=1S/C17H17ClN4O3.ClH/c1-11-7-14(25-12(11)2)8-15(22(23)24)17-19-5-6-21(17)10-13-3-4-16(18)20-9-13;/h3-4,7-9H,5-6,10H2,1-2H3;1H/b15-8-;. The molecule has 0 spiro atoms. The summed E-state index contributed by atoms with van der Waals surface area (Å²) in [6, 6.07) is 5.32. The van der Waals surface area contributed by atoms with Gasteiger partial charge in [-0.1, -0.05) is 17.7 Å². The number of hydrogen-bond donors (Lipinski definition) is 0. The van der Waals surface area contributed by atoms with Crippen molar-refractivity contribution in [2.75, 3.05) is 13.1 Å². The number of pyridine rings is 1. The molecule has 0 atom stereocenters. The number of aromatic nitrogens is 1. The Balaban J connectivity index is 0.00000243. The van der Waals surface area contributed by atoms with Gasteiger partial charge in [-0.05, 0) is 37.1 Å². The minimum absolute atomic E-state index is 0. The summed E-state index contributed by atoms with van der Waals surface area (Å²) in [6.45, 7) is 5.32. The first-order valence-corrected chi connectivity index (χ1v) is 8.15. The van der Waals surface area contributed by atoms with Crippen LogP contribution in [-0.4, -0.2) is 33.7 Å². The lowest BCUT2D eigenvalue weighted by molar-refractivity contribution is -0.414. The first-order valence-electron chi connectivity index (χ1n) is 7.77. The quantitative estimate of drug-likeness (QED) is 0.434. The van der Waals surface area contributed by atoms with Crippen molar-refractivity contribution in [2.45, 2.75) is 20.4 Å². The Labute approximate surface area is 161 Å². The molecule has 2 aromatic rings. The predicted molar refractivity (Wildman–Crippen MR) is 102 cm³/mol. The van der Waals surface area contributed by atoms with Gasteiger partial charge in [0, 0.05) is 19.3 Å². The smallest absolute Gasteiger partial charge is 0.314 e. The lowest BCUT2D eigenvalue weighted by atomic mass is 10.2. The van der Waals surface area contributed by atoms with Gasteiger partial charge in [-0.25, -0.2) is 4.98 Å². The maximum Gasteiger partial charge on any atom is 0.314 e. The van der Waals surface area contributed by atoms with E-state index in [4.69, 9.17) is 16.0 Å². The van der Waals surface area contributed by atoms with E-state index in [1.165, 1.54) is 6.08 Å². The zero-order chi connectivity index (χ0) is 18.0. The van der Waals surface area contributed by atoms with Gasteiger partial charge >= 0.3 is 5.70 Å². The third-order valence-electron chi connectivity index (χ3n) is 3.98. The van der Waals surface area contributed by atoms with Crippen LogP contribution in [0.4, 0.5) is 0 Å². The van der Waals surface area contributed by atoms with Gasteiger partial charge in [0.2, 0.25) is 5.84 Å². The Bertz CT molecular complexity index is 840. The highest BCUT2D eigenvalue weighted by Gasteiger charge is 2.29. The number of aryl methyl sites for hydroxylation is 2. The van der Waals surface area contributed by atoms with E-state index < -0.39 is 4.92 Å². The fourth-order valence-electron chi connectivity index (χ4n) is 2.61. The van der Waals surface area contributed by atoms with Gasteiger partial charge in [-0.3, -0.25) is 15.1 Å². The number of amidine groups is 1. The van der Waals surface area contributed by atoms with Crippen LogP contribution in [0.25, 0.3) is 6.08 Å². The fourth-order valence-corrected chi connectivity index (χ4v) is 2.72. The predicted octanol–water partition coefficient (Wildman–Crippen LogP) is 3.90. The Morgan fingerprint density at radius 2 is 2.23 bits per heavy atom. The lowest BCUT2D eigenvalue weighted by Crippen LogP contribution is -2.30. The fraction of sp³-hybridized carbons (Fsp3) is 0.294. The van der Waals surface area contributed by atoms with Crippen LogP contribution in [0, 0.1) is 24.0 Å². The molecule has 1 aliphatic heterocycles. The summed E-state index contributed by atoms with van der Waals surface area (Å²) in [7, 11) is 0. The van der Waals surface area contributed by atoms with Crippen LogP contribution < -0.4 is 0 Å². The van der Waals surface area contributed by atoms with E-state index in [0.29, 0.717) is 36.4 Å². The molecule has 138 valence electrons. The molecule has 0 fully saturated rings. The Hall–Kier alpha value is -2.38. The van der Waals surface area contributed by atoms with Crippen molar-refractivity contribution < 1.29 is 9.34 Å². The zero-order valence-electron chi connectivity index (χ0n) is 14.3. The second kappa shape index (κ2) is 8.33. The molecule has 0 aromatic carbocycles. The maximum absolute atomic E-state index is 11.6. The van der Waals surface area contributed by atoms with Crippen molar-refractivity contribution in [3.05, 3.63) is 68.0 Å². The first kappa shape index (κ1) is 19.9. The first-order chi connectivity index (χ1) is 11.9. The van der Waals surface area contributed by atoms with Crippen LogP contribution >= 0.6 is 24.0 Å². The van der Waals surface area contributed by atoms with E-state index in [9.17, 15) is 10.1 Å². The molecule has 0 radical (unpaired) electrons. The summed E-state index contributed by atoms with van der Waals surface area (Å²) in [5.41, 5.74) is 1.78. The van der Waals surface area contributed by atoms with Crippen LogP contribution in [0.5, 0.6) is 0 Å². The van der Waals surface area contributed by atoms with Crippen molar-refractivity contribution in [1.82, 2.24) is 9.88 Å². The molecule has 9 heteroatoms. The van der Waals surface area contributed by atoms with Crippen molar-refractivity contribution >= 4 is 35.9 Å². The largest absolute Gasteiger partial charge is 0.461 e. The minimum Gasteiger partial charge on any atom is -0.461 e. The molecule has 0 saturated heterocycles. The van der Waals surface area contributed by atoms with E-state index in [2.05, 4.69) is 9.98 Å².